The number of aromatic nitrogens is 3. The maximum Gasteiger partial charge on any atom is 0.242 e. The van der Waals surface area contributed by atoms with Crippen molar-refractivity contribution in [1.82, 2.24) is 19.1 Å². The zero-order valence-electron chi connectivity index (χ0n) is 19.9. The predicted octanol–water partition coefficient (Wildman–Crippen LogP) is 3.76. The highest BCUT2D eigenvalue weighted by atomic mass is 35.5. The first kappa shape index (κ1) is 29.5. The Kier molecular flexibility index (Phi) is 9.82. The molecule has 4 aromatic rings. The van der Waals surface area contributed by atoms with Crippen LogP contribution in [0.4, 0.5) is 20.3 Å². The fraction of sp³-hybridized carbons (Fsp3) is 0.217. The van der Waals surface area contributed by atoms with Gasteiger partial charge in [-0.2, -0.15) is 4.39 Å². The van der Waals surface area contributed by atoms with Crippen LogP contribution in [0.3, 0.4) is 0 Å². The highest BCUT2D eigenvalue weighted by molar-refractivity contribution is 7.89. The van der Waals surface area contributed by atoms with Gasteiger partial charge >= 0.3 is 0 Å². The van der Waals surface area contributed by atoms with Crippen LogP contribution in [-0.4, -0.2) is 56.2 Å². The summed E-state index contributed by atoms with van der Waals surface area (Å²) in [6.07, 6.45) is 4.39. The Morgan fingerprint density at radius 1 is 1.13 bits per heavy atom. The molecule has 2 aromatic carbocycles. The van der Waals surface area contributed by atoms with Gasteiger partial charge in [0.15, 0.2) is 23.0 Å². The number of benzene rings is 2. The molecule has 2 aromatic heterocycles. The van der Waals surface area contributed by atoms with Crippen molar-refractivity contribution < 1.29 is 26.7 Å². The van der Waals surface area contributed by atoms with Crippen LogP contribution in [0, 0.1) is 11.6 Å². The number of nitrogens with two attached hydrogens (primary N) is 1. The Morgan fingerprint density at radius 2 is 1.92 bits per heavy atom. The molecule has 0 aliphatic rings. The van der Waals surface area contributed by atoms with Crippen molar-refractivity contribution in [3.63, 3.8) is 0 Å². The molecule has 0 bridgehead atoms. The van der Waals surface area contributed by atoms with Crippen LogP contribution >= 0.6 is 24.0 Å². The summed E-state index contributed by atoms with van der Waals surface area (Å²) in [7, 11) is -2.62. The third kappa shape index (κ3) is 6.14. The maximum atomic E-state index is 14.7. The van der Waals surface area contributed by atoms with E-state index in [1.807, 2.05) is 0 Å². The zero-order chi connectivity index (χ0) is 26.6. The van der Waals surface area contributed by atoms with Gasteiger partial charge in [0.2, 0.25) is 15.8 Å². The van der Waals surface area contributed by atoms with E-state index in [4.69, 9.17) is 26.8 Å². The third-order valence-corrected chi connectivity index (χ3v) is 7.20. The summed E-state index contributed by atoms with van der Waals surface area (Å²) in [5, 5.41) is 3.01. The molecule has 0 saturated carbocycles. The van der Waals surface area contributed by atoms with Gasteiger partial charge < -0.3 is 20.5 Å². The van der Waals surface area contributed by atoms with E-state index in [0.29, 0.717) is 30.2 Å². The average molecular weight is 589 g/mol. The zero-order valence-corrected chi connectivity index (χ0v) is 22.3. The molecular formula is C23H24Cl2F2N6O4S. The second kappa shape index (κ2) is 12.7. The van der Waals surface area contributed by atoms with Crippen molar-refractivity contribution in [2.75, 3.05) is 38.7 Å². The number of imidazole rings is 1. The molecule has 204 valence electrons. The molecule has 0 unspecified atom stereocenters. The summed E-state index contributed by atoms with van der Waals surface area (Å²) in [6, 6.07) is 7.01. The Labute approximate surface area is 228 Å². The van der Waals surface area contributed by atoms with Crippen LogP contribution in [0.1, 0.15) is 0 Å². The fourth-order valence-corrected chi connectivity index (χ4v) is 5.09. The number of methoxy groups -OCH3 is 1. The monoisotopic (exact) mass is 588 g/mol. The lowest BCUT2D eigenvalue weighted by molar-refractivity contribution is 0.147. The first-order chi connectivity index (χ1) is 17.8. The average Bonchev–Trinajstić information content (AvgIpc) is 3.30. The van der Waals surface area contributed by atoms with E-state index in [1.54, 1.807) is 6.20 Å². The molecule has 4 N–H and O–H groups in total. The molecule has 0 aliphatic carbocycles. The molecule has 15 heteroatoms. The molecule has 38 heavy (non-hydrogen) atoms. The van der Waals surface area contributed by atoms with Crippen LogP contribution in [0.2, 0.25) is 5.02 Å². The lowest BCUT2D eigenvalue weighted by Crippen LogP contribution is -2.28. The minimum absolute atomic E-state index is 0. The van der Waals surface area contributed by atoms with Crippen LogP contribution in [-0.2, 0) is 14.8 Å². The van der Waals surface area contributed by atoms with Crippen LogP contribution < -0.4 is 20.5 Å². The number of fused-ring (bicyclic) bond motifs is 1. The third-order valence-electron chi connectivity index (χ3n) is 5.26. The van der Waals surface area contributed by atoms with E-state index in [9.17, 15) is 17.2 Å². The summed E-state index contributed by atoms with van der Waals surface area (Å²) in [6.45, 7) is 0.897. The molecule has 0 radical (unpaired) electrons. The first-order valence-electron chi connectivity index (χ1n) is 10.9. The van der Waals surface area contributed by atoms with Crippen molar-refractivity contribution >= 4 is 51.2 Å². The number of nitrogens with zero attached hydrogens (tertiary/aromatic N) is 3. The Balaban J connectivity index is 0.00000400. The number of rotatable bonds is 11. The van der Waals surface area contributed by atoms with Crippen molar-refractivity contribution in [2.24, 2.45) is 5.73 Å². The summed E-state index contributed by atoms with van der Waals surface area (Å²) >= 11 is 6.27. The van der Waals surface area contributed by atoms with E-state index in [0.717, 1.165) is 0 Å². The number of anilines is 2. The van der Waals surface area contributed by atoms with Crippen molar-refractivity contribution in [3.05, 3.63) is 65.6 Å². The topological polar surface area (TPSA) is 133 Å². The predicted molar refractivity (Wildman–Crippen MR) is 142 cm³/mol. The minimum Gasteiger partial charge on any atom is -0.494 e. The lowest BCUT2D eigenvalue weighted by Gasteiger charge is -2.12. The maximum absolute atomic E-state index is 14.7. The van der Waals surface area contributed by atoms with E-state index in [-0.39, 0.29) is 52.6 Å². The van der Waals surface area contributed by atoms with Gasteiger partial charge in [-0.25, -0.2) is 27.5 Å². The quantitative estimate of drug-likeness (QED) is 0.226. The molecule has 4 rings (SSSR count). The lowest BCUT2D eigenvalue weighted by atomic mass is 10.1. The second-order valence-corrected chi connectivity index (χ2v) is 9.77. The van der Waals surface area contributed by atoms with E-state index in [2.05, 4.69) is 20.0 Å². The van der Waals surface area contributed by atoms with Gasteiger partial charge in [0.25, 0.3) is 0 Å². The molecule has 2 heterocycles. The molecule has 0 spiro atoms. The summed E-state index contributed by atoms with van der Waals surface area (Å²) in [4.78, 5) is 8.45. The van der Waals surface area contributed by atoms with Crippen molar-refractivity contribution in [2.45, 2.75) is 4.90 Å². The molecule has 0 amide bonds. The van der Waals surface area contributed by atoms with Gasteiger partial charge in [0.1, 0.15) is 4.90 Å². The van der Waals surface area contributed by atoms with Crippen LogP contribution in [0.25, 0.3) is 16.9 Å². The number of hydrogen-bond acceptors (Lipinski definition) is 8. The molecule has 0 fully saturated rings. The molecule has 0 atom stereocenters. The summed E-state index contributed by atoms with van der Waals surface area (Å²) in [5.41, 5.74) is 6.36. The summed E-state index contributed by atoms with van der Waals surface area (Å²) < 4.78 is 68.0. The van der Waals surface area contributed by atoms with Crippen LogP contribution in [0.15, 0.2) is 53.8 Å². The second-order valence-electron chi connectivity index (χ2n) is 7.63. The molecule has 0 saturated heterocycles. The molecule has 0 aliphatic heterocycles. The van der Waals surface area contributed by atoms with E-state index < -0.39 is 21.7 Å². The van der Waals surface area contributed by atoms with E-state index >= 15 is 0 Å². The van der Waals surface area contributed by atoms with Gasteiger partial charge in [-0.15, -0.1) is 12.4 Å². The number of sulfonamides is 1. The number of hydrogen-bond donors (Lipinski definition) is 3. The fourth-order valence-electron chi connectivity index (χ4n) is 3.54. The standard InChI is InChI=1S/C23H23ClF2N6O4S.ClH/c1-35-18-4-3-15(20(25)21(18)26)17-13-29-23-22(28-7-9-32(17)23)31-14-2-5-19(16(24)12-14)37(33,34)30-8-11-36-10-6-27;/h2-5,7,9,12-13,30H,6,8,10-11,27H2,1H3,(H,28,31);1H. The van der Waals surface area contributed by atoms with Gasteiger partial charge in [-0.3, -0.25) is 4.40 Å². The molecular weight excluding hydrogens is 565 g/mol. The Bertz CT molecular complexity index is 1540. The van der Waals surface area contributed by atoms with E-state index in [1.165, 1.54) is 54.2 Å². The highest BCUT2D eigenvalue weighted by Gasteiger charge is 2.20. The van der Waals surface area contributed by atoms with Crippen LogP contribution in [0.5, 0.6) is 5.75 Å². The SMILES string of the molecule is COc1ccc(-c2cnc3c(Nc4ccc(S(=O)(=O)NCCOCCN)c(Cl)c4)nccn23)c(F)c1F.Cl. The largest absolute Gasteiger partial charge is 0.494 e. The number of nitrogens with one attached hydrogen (secondary N) is 2. The highest BCUT2D eigenvalue weighted by Crippen LogP contribution is 2.32. The van der Waals surface area contributed by atoms with Gasteiger partial charge in [-0.1, -0.05) is 11.6 Å². The van der Waals surface area contributed by atoms with Gasteiger partial charge in [-0.05, 0) is 30.3 Å². The normalized spacial score (nSPS) is 11.4. The van der Waals surface area contributed by atoms with Crippen molar-refractivity contribution in [1.29, 1.82) is 0 Å². The minimum atomic E-state index is -3.87. The molecule has 10 nitrogen and oxygen atoms in total. The van der Waals surface area contributed by atoms with Gasteiger partial charge in [0, 0.05) is 36.7 Å². The Hall–Kier alpha value is -3.07. The first-order valence-corrected chi connectivity index (χ1v) is 12.8. The number of halogens is 4. The van der Waals surface area contributed by atoms with Gasteiger partial charge in [0.05, 0.1) is 37.2 Å². The Morgan fingerprint density at radius 3 is 2.63 bits per heavy atom. The van der Waals surface area contributed by atoms with Crippen molar-refractivity contribution in [3.8, 4) is 17.0 Å². The summed E-state index contributed by atoms with van der Waals surface area (Å²) in [5.74, 6) is -2.11. The smallest absolute Gasteiger partial charge is 0.242 e. The number of ether oxygens (including phenoxy) is 2.